The van der Waals surface area contributed by atoms with E-state index >= 15 is 0 Å². The SMILES string of the molecule is Cn1cc([C@@](C)(O)CNc2ncnc3scc(-c4ccccc4)c23)cn1. The van der Waals surface area contributed by atoms with Crippen molar-refractivity contribution in [2.75, 3.05) is 11.9 Å². The van der Waals surface area contributed by atoms with E-state index in [2.05, 4.69) is 37.9 Å². The molecule has 0 aliphatic heterocycles. The molecule has 0 bridgehead atoms. The van der Waals surface area contributed by atoms with E-state index in [1.165, 1.54) is 0 Å². The summed E-state index contributed by atoms with van der Waals surface area (Å²) < 4.78 is 1.68. The minimum absolute atomic E-state index is 0.314. The topological polar surface area (TPSA) is 75.9 Å². The van der Waals surface area contributed by atoms with Crippen LogP contribution >= 0.6 is 11.3 Å². The maximum Gasteiger partial charge on any atom is 0.138 e. The molecule has 0 saturated carbocycles. The number of thiophene rings is 1. The molecular weight excluding hydrogens is 346 g/mol. The van der Waals surface area contributed by atoms with Crippen molar-refractivity contribution in [2.24, 2.45) is 7.05 Å². The van der Waals surface area contributed by atoms with E-state index in [0.29, 0.717) is 6.54 Å². The van der Waals surface area contributed by atoms with Crippen molar-refractivity contribution in [3.8, 4) is 11.1 Å². The Morgan fingerprint density at radius 1 is 1.23 bits per heavy atom. The molecule has 3 heterocycles. The summed E-state index contributed by atoms with van der Waals surface area (Å²) in [6.07, 6.45) is 5.04. The van der Waals surface area contributed by atoms with Crippen molar-refractivity contribution in [3.63, 3.8) is 0 Å². The second-order valence-corrected chi connectivity index (χ2v) is 7.31. The van der Waals surface area contributed by atoms with Crippen LogP contribution in [0.1, 0.15) is 12.5 Å². The van der Waals surface area contributed by atoms with Gasteiger partial charge in [0.1, 0.15) is 22.6 Å². The number of hydrogen-bond donors (Lipinski definition) is 2. The number of fused-ring (bicyclic) bond motifs is 1. The highest BCUT2D eigenvalue weighted by atomic mass is 32.1. The van der Waals surface area contributed by atoms with Crippen molar-refractivity contribution in [2.45, 2.75) is 12.5 Å². The van der Waals surface area contributed by atoms with E-state index in [9.17, 15) is 5.11 Å². The first-order valence-corrected chi connectivity index (χ1v) is 9.15. The quantitative estimate of drug-likeness (QED) is 0.567. The fourth-order valence-electron chi connectivity index (χ4n) is 2.90. The normalized spacial score (nSPS) is 13.7. The van der Waals surface area contributed by atoms with Crippen LogP contribution in [0.15, 0.2) is 54.4 Å². The lowest BCUT2D eigenvalue weighted by Gasteiger charge is -2.23. The molecule has 4 aromatic rings. The lowest BCUT2D eigenvalue weighted by atomic mass is 9.99. The first-order chi connectivity index (χ1) is 12.5. The van der Waals surface area contributed by atoms with Crippen molar-refractivity contribution < 1.29 is 5.11 Å². The molecule has 4 rings (SSSR count). The number of hydrogen-bond acceptors (Lipinski definition) is 6. The Hall–Kier alpha value is -2.77. The van der Waals surface area contributed by atoms with Gasteiger partial charge < -0.3 is 10.4 Å². The van der Waals surface area contributed by atoms with Crippen LogP contribution in [-0.2, 0) is 12.6 Å². The Morgan fingerprint density at radius 3 is 2.77 bits per heavy atom. The zero-order chi connectivity index (χ0) is 18.1. The maximum atomic E-state index is 10.8. The first-order valence-electron chi connectivity index (χ1n) is 8.27. The van der Waals surface area contributed by atoms with Gasteiger partial charge in [-0.3, -0.25) is 4.68 Å². The van der Waals surface area contributed by atoms with E-state index in [0.717, 1.165) is 32.7 Å². The van der Waals surface area contributed by atoms with E-state index in [4.69, 9.17) is 0 Å². The number of rotatable bonds is 5. The number of nitrogens with zero attached hydrogens (tertiary/aromatic N) is 4. The summed E-state index contributed by atoms with van der Waals surface area (Å²) in [5.74, 6) is 0.722. The molecule has 0 aliphatic rings. The minimum Gasteiger partial charge on any atom is -0.383 e. The predicted octanol–water partition coefficient (Wildman–Crippen LogP) is 3.41. The molecule has 0 saturated heterocycles. The number of anilines is 1. The Balaban J connectivity index is 1.68. The van der Waals surface area contributed by atoms with Crippen LogP contribution in [0, 0.1) is 0 Å². The van der Waals surface area contributed by atoms with Crippen LogP contribution in [0.5, 0.6) is 0 Å². The predicted molar refractivity (Wildman–Crippen MR) is 104 cm³/mol. The summed E-state index contributed by atoms with van der Waals surface area (Å²) >= 11 is 1.59. The molecule has 1 atom stereocenters. The van der Waals surface area contributed by atoms with Gasteiger partial charge in [0, 0.05) is 36.3 Å². The third kappa shape index (κ3) is 3.07. The van der Waals surface area contributed by atoms with E-state index in [1.54, 1.807) is 35.5 Å². The fraction of sp³-hybridized carbons (Fsp3) is 0.211. The van der Waals surface area contributed by atoms with Gasteiger partial charge in [-0.25, -0.2) is 9.97 Å². The van der Waals surface area contributed by atoms with Crippen LogP contribution in [0.4, 0.5) is 5.82 Å². The van der Waals surface area contributed by atoms with Crippen LogP contribution in [0.25, 0.3) is 21.3 Å². The van der Waals surface area contributed by atoms with Crippen molar-refractivity contribution in [1.29, 1.82) is 0 Å². The molecule has 3 aromatic heterocycles. The van der Waals surface area contributed by atoms with Gasteiger partial charge >= 0.3 is 0 Å². The number of aryl methyl sites for hydroxylation is 1. The fourth-order valence-corrected chi connectivity index (χ4v) is 3.81. The zero-order valence-electron chi connectivity index (χ0n) is 14.5. The number of nitrogens with one attached hydrogen (secondary N) is 1. The summed E-state index contributed by atoms with van der Waals surface area (Å²) in [4.78, 5) is 9.72. The lowest BCUT2D eigenvalue weighted by molar-refractivity contribution is 0.0714. The molecule has 0 amide bonds. The molecule has 26 heavy (non-hydrogen) atoms. The zero-order valence-corrected chi connectivity index (χ0v) is 15.4. The van der Waals surface area contributed by atoms with Gasteiger partial charge in [-0.2, -0.15) is 5.10 Å². The van der Waals surface area contributed by atoms with Crippen LogP contribution in [0.3, 0.4) is 0 Å². The second-order valence-electron chi connectivity index (χ2n) is 6.45. The van der Waals surface area contributed by atoms with Gasteiger partial charge in [0.05, 0.1) is 11.6 Å². The van der Waals surface area contributed by atoms with Crippen LogP contribution < -0.4 is 5.32 Å². The van der Waals surface area contributed by atoms with Gasteiger partial charge in [0.2, 0.25) is 0 Å². The molecule has 2 N–H and O–H groups in total. The molecule has 1 aromatic carbocycles. The number of benzene rings is 1. The number of aromatic nitrogens is 4. The Morgan fingerprint density at radius 2 is 2.04 bits per heavy atom. The maximum absolute atomic E-state index is 10.8. The standard InChI is InChI=1S/C19H19N5OS/c1-19(25,14-8-23-24(2)9-14)11-20-17-16-15(13-6-4-3-5-7-13)10-26-18(16)22-12-21-17/h3-10,12,25H,11H2,1-2H3,(H,20,21,22)/t19-/m0/s1. The Labute approximate surface area is 155 Å². The van der Waals surface area contributed by atoms with Crippen molar-refractivity contribution >= 4 is 27.4 Å². The molecule has 0 aliphatic carbocycles. The van der Waals surface area contributed by atoms with Gasteiger partial charge in [0.25, 0.3) is 0 Å². The average Bonchev–Trinajstić information content (AvgIpc) is 3.28. The third-order valence-electron chi connectivity index (χ3n) is 4.38. The highest BCUT2D eigenvalue weighted by Gasteiger charge is 2.25. The van der Waals surface area contributed by atoms with Gasteiger partial charge in [-0.15, -0.1) is 11.3 Å². The minimum atomic E-state index is -1.06. The molecule has 0 spiro atoms. The van der Waals surface area contributed by atoms with Gasteiger partial charge in [-0.05, 0) is 12.5 Å². The van der Waals surface area contributed by atoms with E-state index < -0.39 is 5.60 Å². The summed E-state index contributed by atoms with van der Waals surface area (Å²) in [6.45, 7) is 2.08. The highest BCUT2D eigenvalue weighted by Crippen LogP contribution is 2.36. The monoisotopic (exact) mass is 365 g/mol. The summed E-state index contributed by atoms with van der Waals surface area (Å²) in [7, 11) is 1.83. The average molecular weight is 365 g/mol. The van der Waals surface area contributed by atoms with Gasteiger partial charge in [0.15, 0.2) is 0 Å². The Bertz CT molecular complexity index is 1040. The summed E-state index contributed by atoms with van der Waals surface area (Å²) in [5.41, 5.74) is 1.91. The molecule has 0 unspecified atom stereocenters. The lowest BCUT2D eigenvalue weighted by Crippen LogP contribution is -2.30. The molecule has 132 valence electrons. The largest absolute Gasteiger partial charge is 0.383 e. The van der Waals surface area contributed by atoms with Crippen LogP contribution in [0.2, 0.25) is 0 Å². The smallest absolute Gasteiger partial charge is 0.138 e. The molecule has 7 heteroatoms. The van der Waals surface area contributed by atoms with E-state index in [-0.39, 0.29) is 0 Å². The second kappa shape index (κ2) is 6.51. The molecular formula is C19H19N5OS. The van der Waals surface area contributed by atoms with Crippen molar-refractivity contribution in [3.05, 3.63) is 60.0 Å². The summed E-state index contributed by atoms with van der Waals surface area (Å²) in [6, 6.07) is 10.2. The highest BCUT2D eigenvalue weighted by molar-refractivity contribution is 7.17. The molecule has 6 nitrogen and oxygen atoms in total. The van der Waals surface area contributed by atoms with Crippen molar-refractivity contribution in [1.82, 2.24) is 19.7 Å². The third-order valence-corrected chi connectivity index (χ3v) is 5.27. The number of aliphatic hydroxyl groups is 1. The Kier molecular flexibility index (Phi) is 4.18. The van der Waals surface area contributed by atoms with Crippen LogP contribution in [-0.4, -0.2) is 31.4 Å². The van der Waals surface area contributed by atoms with E-state index in [1.807, 2.05) is 31.4 Å². The molecule has 0 fully saturated rings. The summed E-state index contributed by atoms with van der Waals surface area (Å²) in [5, 5.41) is 21.3. The first kappa shape index (κ1) is 16.7. The van der Waals surface area contributed by atoms with Gasteiger partial charge in [-0.1, -0.05) is 30.3 Å². The molecule has 0 radical (unpaired) electrons.